The first kappa shape index (κ1) is 18.7. The fourth-order valence-electron chi connectivity index (χ4n) is 4.63. The van der Waals surface area contributed by atoms with Gasteiger partial charge in [-0.15, -0.1) is 0 Å². The Morgan fingerprint density at radius 3 is 2.79 bits per heavy atom. The Morgan fingerprint density at radius 1 is 1.21 bits per heavy atom. The number of nitrogens with one attached hydrogen (secondary N) is 1. The van der Waals surface area contributed by atoms with Crippen molar-refractivity contribution < 1.29 is 9.59 Å². The van der Waals surface area contributed by atoms with E-state index >= 15 is 0 Å². The number of amides is 2. The molecular weight excluding hydrogens is 352 g/mol. The van der Waals surface area contributed by atoms with E-state index in [1.54, 1.807) is 4.90 Å². The number of hydrogen-bond donors (Lipinski definition) is 1. The average molecular weight is 380 g/mol. The predicted molar refractivity (Wildman–Crippen MR) is 107 cm³/mol. The van der Waals surface area contributed by atoms with E-state index in [0.717, 1.165) is 54.7 Å². The van der Waals surface area contributed by atoms with Crippen LogP contribution in [0.1, 0.15) is 71.0 Å². The van der Waals surface area contributed by atoms with E-state index in [1.807, 2.05) is 43.0 Å². The molecule has 1 fully saturated rings. The van der Waals surface area contributed by atoms with E-state index < -0.39 is 0 Å². The predicted octanol–water partition coefficient (Wildman–Crippen LogP) is 3.52. The van der Waals surface area contributed by atoms with Gasteiger partial charge in [-0.25, -0.2) is 0 Å². The van der Waals surface area contributed by atoms with Crippen LogP contribution >= 0.6 is 0 Å². The number of fused-ring (bicyclic) bond motifs is 1. The monoisotopic (exact) mass is 380 g/mol. The maximum Gasteiger partial charge on any atom is 0.254 e. The number of aryl methyl sites for hydroxylation is 2. The number of carbonyl (C=O) groups excluding carboxylic acids is 2. The summed E-state index contributed by atoms with van der Waals surface area (Å²) in [6, 6.07) is 7.79. The number of H-pyrrole nitrogens is 1. The molecule has 4 rings (SSSR count). The number of rotatable bonds is 4. The molecule has 0 aliphatic carbocycles. The van der Waals surface area contributed by atoms with Gasteiger partial charge in [0.1, 0.15) is 0 Å². The lowest BCUT2D eigenvalue weighted by Crippen LogP contribution is -2.37. The van der Waals surface area contributed by atoms with Crippen molar-refractivity contribution in [3.63, 3.8) is 0 Å². The number of hydrogen-bond acceptors (Lipinski definition) is 3. The third-order valence-corrected chi connectivity index (χ3v) is 6.08. The van der Waals surface area contributed by atoms with Crippen LogP contribution in [0.15, 0.2) is 24.3 Å². The van der Waals surface area contributed by atoms with Crippen LogP contribution < -0.4 is 0 Å². The van der Waals surface area contributed by atoms with Gasteiger partial charge in [-0.3, -0.25) is 14.7 Å². The minimum Gasteiger partial charge on any atom is -0.335 e. The molecule has 148 valence electrons. The quantitative estimate of drug-likeness (QED) is 0.882. The Bertz CT molecular complexity index is 869. The highest BCUT2D eigenvalue weighted by Crippen LogP contribution is 2.33. The van der Waals surface area contributed by atoms with Crippen molar-refractivity contribution in [2.24, 2.45) is 0 Å². The van der Waals surface area contributed by atoms with Crippen molar-refractivity contribution in [2.45, 2.75) is 58.5 Å². The Labute approximate surface area is 165 Å². The summed E-state index contributed by atoms with van der Waals surface area (Å²) >= 11 is 0. The van der Waals surface area contributed by atoms with Gasteiger partial charge in [0.05, 0.1) is 11.7 Å². The average Bonchev–Trinajstić information content (AvgIpc) is 3.07. The summed E-state index contributed by atoms with van der Waals surface area (Å²) in [6.07, 6.45) is 4.65. The fourth-order valence-corrected chi connectivity index (χ4v) is 4.63. The lowest BCUT2D eigenvalue weighted by Gasteiger charge is -2.31. The summed E-state index contributed by atoms with van der Waals surface area (Å²) in [7, 11) is 0. The van der Waals surface area contributed by atoms with Gasteiger partial charge in [-0.1, -0.05) is 31.0 Å². The minimum atomic E-state index is 0.0392. The van der Waals surface area contributed by atoms with Gasteiger partial charge in [0.25, 0.3) is 5.91 Å². The molecule has 2 aliphatic rings. The molecule has 1 atom stereocenters. The first-order valence-corrected chi connectivity index (χ1v) is 10.2. The minimum absolute atomic E-state index is 0.0392. The Hall–Kier alpha value is -2.63. The lowest BCUT2D eigenvalue weighted by molar-refractivity contribution is -0.133. The summed E-state index contributed by atoms with van der Waals surface area (Å²) in [6.45, 7) is 5.89. The highest BCUT2D eigenvalue weighted by Gasteiger charge is 2.32. The molecule has 1 aromatic carbocycles. The highest BCUT2D eigenvalue weighted by atomic mass is 16.2. The van der Waals surface area contributed by atoms with Gasteiger partial charge in [0.2, 0.25) is 5.91 Å². The second-order valence-electron chi connectivity index (χ2n) is 7.93. The second-order valence-corrected chi connectivity index (χ2v) is 7.93. The molecule has 6 heteroatoms. The van der Waals surface area contributed by atoms with Crippen molar-refractivity contribution in [3.8, 4) is 0 Å². The summed E-state index contributed by atoms with van der Waals surface area (Å²) in [5.74, 6) is 0.174. The number of nitrogens with zero attached hydrogens (tertiary/aromatic N) is 3. The van der Waals surface area contributed by atoms with Gasteiger partial charge < -0.3 is 9.80 Å². The van der Waals surface area contributed by atoms with Gasteiger partial charge in [0, 0.05) is 42.9 Å². The largest absolute Gasteiger partial charge is 0.335 e. The molecule has 2 aromatic rings. The van der Waals surface area contributed by atoms with Crippen molar-refractivity contribution in [1.29, 1.82) is 0 Å². The molecule has 28 heavy (non-hydrogen) atoms. The Balaban J connectivity index is 1.46. The molecule has 2 amide bonds. The van der Waals surface area contributed by atoms with E-state index in [0.29, 0.717) is 19.5 Å². The van der Waals surface area contributed by atoms with Crippen LogP contribution in [-0.2, 0) is 11.3 Å². The van der Waals surface area contributed by atoms with Crippen molar-refractivity contribution >= 4 is 11.8 Å². The standard InChI is InChI=1S/C22H28N4O2/c1-15-21(16(2)24-23-15)19-10-4-3-7-12-26(19)20(27)11-13-25-14-17-8-5-6-9-18(17)22(25)28/h5-6,8-9,19H,3-4,7,10-14H2,1-2H3,(H,23,24). The van der Waals surface area contributed by atoms with Crippen molar-refractivity contribution in [3.05, 3.63) is 52.3 Å². The maximum atomic E-state index is 13.2. The van der Waals surface area contributed by atoms with Crippen LogP contribution in [0.4, 0.5) is 0 Å². The summed E-state index contributed by atoms with van der Waals surface area (Å²) < 4.78 is 0. The fraction of sp³-hybridized carbons (Fsp3) is 0.500. The van der Waals surface area contributed by atoms with Crippen LogP contribution in [0, 0.1) is 13.8 Å². The first-order valence-electron chi connectivity index (χ1n) is 10.2. The SMILES string of the molecule is Cc1n[nH]c(C)c1C1CCCCCN1C(=O)CCN1Cc2ccccc2C1=O. The van der Waals surface area contributed by atoms with Crippen LogP contribution in [0.3, 0.4) is 0 Å². The van der Waals surface area contributed by atoms with E-state index in [1.165, 1.54) is 5.56 Å². The van der Waals surface area contributed by atoms with Crippen LogP contribution in [0.5, 0.6) is 0 Å². The van der Waals surface area contributed by atoms with Gasteiger partial charge in [0.15, 0.2) is 0 Å². The lowest BCUT2D eigenvalue weighted by atomic mass is 9.98. The zero-order valence-corrected chi connectivity index (χ0v) is 16.7. The second kappa shape index (κ2) is 7.78. The zero-order chi connectivity index (χ0) is 19.7. The van der Waals surface area contributed by atoms with Crippen molar-refractivity contribution in [1.82, 2.24) is 20.0 Å². The van der Waals surface area contributed by atoms with E-state index in [2.05, 4.69) is 10.2 Å². The normalized spacial score (nSPS) is 19.6. The molecule has 0 radical (unpaired) electrons. The Morgan fingerprint density at radius 2 is 2.04 bits per heavy atom. The third kappa shape index (κ3) is 3.43. The Kier molecular flexibility index (Phi) is 5.20. The molecule has 1 unspecified atom stereocenters. The van der Waals surface area contributed by atoms with Gasteiger partial charge >= 0.3 is 0 Å². The third-order valence-electron chi connectivity index (χ3n) is 6.08. The molecule has 1 aromatic heterocycles. The van der Waals surface area contributed by atoms with Crippen LogP contribution in [0.2, 0.25) is 0 Å². The van der Waals surface area contributed by atoms with E-state index in [4.69, 9.17) is 0 Å². The molecule has 2 aliphatic heterocycles. The molecule has 0 bridgehead atoms. The highest BCUT2D eigenvalue weighted by molar-refractivity contribution is 5.98. The number of aromatic nitrogens is 2. The summed E-state index contributed by atoms with van der Waals surface area (Å²) in [5, 5.41) is 7.41. The first-order chi connectivity index (χ1) is 13.6. The summed E-state index contributed by atoms with van der Waals surface area (Å²) in [4.78, 5) is 29.6. The smallest absolute Gasteiger partial charge is 0.254 e. The van der Waals surface area contributed by atoms with Gasteiger partial charge in [-0.2, -0.15) is 5.10 Å². The molecule has 0 spiro atoms. The molecule has 0 saturated carbocycles. The van der Waals surface area contributed by atoms with Crippen LogP contribution in [-0.4, -0.2) is 44.9 Å². The molecular formula is C22H28N4O2. The maximum absolute atomic E-state index is 13.2. The molecule has 1 saturated heterocycles. The van der Waals surface area contributed by atoms with Gasteiger partial charge in [-0.05, 0) is 38.3 Å². The molecule has 1 N–H and O–H groups in total. The zero-order valence-electron chi connectivity index (χ0n) is 16.7. The van der Waals surface area contributed by atoms with E-state index in [9.17, 15) is 9.59 Å². The molecule has 3 heterocycles. The van der Waals surface area contributed by atoms with Crippen LogP contribution in [0.25, 0.3) is 0 Å². The number of carbonyl (C=O) groups is 2. The topological polar surface area (TPSA) is 69.3 Å². The number of benzene rings is 1. The van der Waals surface area contributed by atoms with E-state index in [-0.39, 0.29) is 17.9 Å². The summed E-state index contributed by atoms with van der Waals surface area (Å²) in [5.41, 5.74) is 5.02. The number of likely N-dealkylation sites (tertiary alicyclic amines) is 1. The van der Waals surface area contributed by atoms with Crippen molar-refractivity contribution in [2.75, 3.05) is 13.1 Å². The molecule has 6 nitrogen and oxygen atoms in total. The number of aromatic amines is 1.